The normalized spacial score (nSPS) is 25.7. The summed E-state index contributed by atoms with van der Waals surface area (Å²) in [5.41, 5.74) is 17.3. The van der Waals surface area contributed by atoms with Crippen LogP contribution in [0, 0.1) is 0 Å². The molecule has 0 radical (unpaired) electrons. The minimum absolute atomic E-state index is 0.443. The van der Waals surface area contributed by atoms with Crippen LogP contribution in [-0.2, 0) is 14.9 Å². The van der Waals surface area contributed by atoms with Crippen LogP contribution in [0.2, 0.25) is 0 Å². The van der Waals surface area contributed by atoms with Gasteiger partial charge in [-0.2, -0.15) is 8.42 Å². The van der Waals surface area contributed by atoms with Gasteiger partial charge in [0.2, 0.25) is 4.87 Å². The monoisotopic (exact) mass is 334 g/mol. The predicted molar refractivity (Wildman–Crippen MR) is 80.4 cm³/mol. The van der Waals surface area contributed by atoms with Crippen LogP contribution in [0.3, 0.4) is 0 Å². The van der Waals surface area contributed by atoms with Gasteiger partial charge >= 0.3 is 0 Å². The summed E-state index contributed by atoms with van der Waals surface area (Å²) in [5, 5.41) is 6.36. The Morgan fingerprint density at radius 1 is 1.26 bits per heavy atom. The molecule has 1 saturated carbocycles. The molecule has 11 heteroatoms. The second-order valence-corrected chi connectivity index (χ2v) is 6.25. The van der Waals surface area contributed by atoms with E-state index in [0.29, 0.717) is 5.56 Å². The Balaban J connectivity index is 2.81. The topological polar surface area (TPSA) is 169 Å². The Kier molecular flexibility index (Phi) is 4.39. The number of carbonyl (C=O) groups excluding carboxylic acids is 1. The van der Waals surface area contributed by atoms with Gasteiger partial charge in [0.05, 0.1) is 6.04 Å². The Morgan fingerprint density at radius 3 is 2.43 bits per heavy atom. The first-order chi connectivity index (χ1) is 10.9. The molecule has 0 saturated heterocycles. The van der Waals surface area contributed by atoms with Crippen molar-refractivity contribution in [2.75, 3.05) is 0 Å². The lowest BCUT2D eigenvalue weighted by atomic mass is 10.0. The average molecular weight is 334 g/mol. The number of ketones is 1. The maximum atomic E-state index is 12.2. The fourth-order valence-electron chi connectivity index (χ4n) is 2.43. The van der Waals surface area contributed by atoms with E-state index in [1.165, 1.54) is 6.08 Å². The van der Waals surface area contributed by atoms with E-state index in [1.807, 2.05) is 0 Å². The Morgan fingerprint density at radius 2 is 1.91 bits per heavy atom. The molecule has 1 aliphatic rings. The Labute approximate surface area is 130 Å². The third kappa shape index (κ3) is 2.77. The van der Waals surface area contributed by atoms with Gasteiger partial charge in [-0.3, -0.25) is 9.35 Å². The minimum atomic E-state index is -5.07. The number of hydrogen-bond donors (Lipinski definition) is 1. The first kappa shape index (κ1) is 16.5. The van der Waals surface area contributed by atoms with Crippen LogP contribution >= 0.6 is 0 Å². The molecule has 1 fully saturated rings. The van der Waals surface area contributed by atoms with Crippen molar-refractivity contribution in [3.8, 4) is 0 Å². The second kappa shape index (κ2) is 6.11. The third-order valence-electron chi connectivity index (χ3n) is 3.40. The minimum Gasteiger partial charge on any atom is -0.294 e. The number of rotatable bonds is 4. The molecule has 2 atom stereocenters. The zero-order valence-electron chi connectivity index (χ0n) is 11.5. The van der Waals surface area contributed by atoms with Gasteiger partial charge in [0, 0.05) is 21.8 Å². The molecule has 1 aromatic carbocycles. The lowest BCUT2D eigenvalue weighted by molar-refractivity contribution is -0.114. The molecular formula is C12H10N6O4S. The number of azide groups is 2. The largest absolute Gasteiger partial charge is 0.294 e. The molecule has 2 unspecified atom stereocenters. The first-order valence-corrected chi connectivity index (χ1v) is 7.68. The highest BCUT2D eigenvalue weighted by atomic mass is 32.2. The fraction of sp³-hybridized carbons (Fsp3) is 0.250. The zero-order chi connectivity index (χ0) is 17.1. The van der Waals surface area contributed by atoms with E-state index in [4.69, 9.17) is 11.1 Å². The van der Waals surface area contributed by atoms with Crippen LogP contribution in [0.25, 0.3) is 27.0 Å². The van der Waals surface area contributed by atoms with E-state index in [1.54, 1.807) is 30.3 Å². The molecular weight excluding hydrogens is 324 g/mol. The number of carbonyl (C=O) groups is 1. The molecule has 0 aliphatic heterocycles. The van der Waals surface area contributed by atoms with Crippen LogP contribution in [-0.4, -0.2) is 29.7 Å². The summed E-state index contributed by atoms with van der Waals surface area (Å²) in [4.78, 5) is 14.4. The molecule has 0 bridgehead atoms. The van der Waals surface area contributed by atoms with E-state index in [-0.39, 0.29) is 0 Å². The molecule has 1 N–H and O–H groups in total. The van der Waals surface area contributed by atoms with E-state index in [9.17, 15) is 17.8 Å². The molecule has 0 heterocycles. The predicted octanol–water partition coefficient (Wildman–Crippen LogP) is 2.62. The molecule has 10 nitrogen and oxygen atoms in total. The van der Waals surface area contributed by atoms with Gasteiger partial charge in [0.15, 0.2) is 5.78 Å². The van der Waals surface area contributed by atoms with Crippen molar-refractivity contribution in [1.29, 1.82) is 0 Å². The van der Waals surface area contributed by atoms with Gasteiger partial charge in [-0.1, -0.05) is 40.6 Å². The third-order valence-corrected chi connectivity index (χ3v) is 4.77. The van der Waals surface area contributed by atoms with Gasteiger partial charge in [-0.15, -0.1) is 0 Å². The molecule has 0 spiro atoms. The van der Waals surface area contributed by atoms with E-state index in [2.05, 4.69) is 20.1 Å². The highest BCUT2D eigenvalue weighted by molar-refractivity contribution is 7.87. The van der Waals surface area contributed by atoms with Crippen LogP contribution in [0.5, 0.6) is 0 Å². The lowest BCUT2D eigenvalue weighted by Crippen LogP contribution is -2.43. The van der Waals surface area contributed by atoms with E-state index >= 15 is 0 Å². The zero-order valence-corrected chi connectivity index (χ0v) is 12.3. The quantitative estimate of drug-likeness (QED) is 0.293. The van der Waals surface area contributed by atoms with Gasteiger partial charge < -0.3 is 0 Å². The van der Waals surface area contributed by atoms with Crippen LogP contribution in [0.15, 0.2) is 46.1 Å². The Hall–Kier alpha value is -2.84. The molecule has 118 valence electrons. The molecule has 0 aromatic heterocycles. The highest BCUT2D eigenvalue weighted by Gasteiger charge is 2.59. The van der Waals surface area contributed by atoms with Crippen molar-refractivity contribution in [3.63, 3.8) is 0 Å². The van der Waals surface area contributed by atoms with Crippen molar-refractivity contribution in [1.82, 2.24) is 0 Å². The molecule has 2 rings (SSSR count). The molecule has 23 heavy (non-hydrogen) atoms. The summed E-state index contributed by atoms with van der Waals surface area (Å²) in [6.45, 7) is 0. The van der Waals surface area contributed by atoms with Crippen LogP contribution in [0.1, 0.15) is 12.0 Å². The van der Waals surface area contributed by atoms with E-state index < -0.39 is 38.8 Å². The number of Topliss-reactive ketones (excluding diaryl/α,β-unsaturated/α-hetero) is 1. The summed E-state index contributed by atoms with van der Waals surface area (Å²) in [6, 6.07) is 6.63. The van der Waals surface area contributed by atoms with Crippen molar-refractivity contribution in [2.45, 2.75) is 17.3 Å². The number of nitrogens with zero attached hydrogens (tertiary/aromatic N) is 6. The molecule has 1 aliphatic carbocycles. The average Bonchev–Trinajstić information content (AvgIpc) is 2.75. The summed E-state index contributed by atoms with van der Waals surface area (Å²) in [6.07, 6.45) is 0.694. The Bertz CT molecular complexity index is 868. The van der Waals surface area contributed by atoms with Gasteiger partial charge in [0.1, 0.15) is 0 Å². The number of benzene rings is 1. The second-order valence-electron chi connectivity index (χ2n) is 4.68. The smallest absolute Gasteiger partial charge is 0.281 e. The summed E-state index contributed by atoms with van der Waals surface area (Å²) < 4.78 is 33.4. The molecule has 0 amide bonds. The maximum Gasteiger partial charge on any atom is 0.281 e. The van der Waals surface area contributed by atoms with E-state index in [0.717, 1.165) is 0 Å². The lowest BCUT2D eigenvalue weighted by Gasteiger charge is -2.24. The SMILES string of the molecule is [N-]=[N+]=NC1CC(=O)C(=Cc2ccccc2)C1(N=[N+]=[N-])S(=O)(=O)O. The van der Waals surface area contributed by atoms with Crippen LogP contribution < -0.4 is 0 Å². The summed E-state index contributed by atoms with van der Waals surface area (Å²) in [7, 11) is -5.07. The van der Waals surface area contributed by atoms with Crippen molar-refractivity contribution < 1.29 is 17.8 Å². The van der Waals surface area contributed by atoms with Crippen molar-refractivity contribution in [3.05, 3.63) is 62.4 Å². The first-order valence-electron chi connectivity index (χ1n) is 6.24. The van der Waals surface area contributed by atoms with Gasteiger partial charge in [-0.25, -0.2) is 0 Å². The molecule has 1 aromatic rings. The van der Waals surface area contributed by atoms with Gasteiger partial charge in [-0.05, 0) is 22.7 Å². The standard InChI is InChI=1S/C12H10N6O4S/c13-17-15-11-7-10(19)9(6-8-4-2-1-3-5-8)12(11,16-18-14)23(20,21)22/h1-6,11H,7H2,(H,20,21,22). The number of hydrogen-bond acceptors (Lipinski definition) is 5. The maximum absolute atomic E-state index is 12.2. The van der Waals surface area contributed by atoms with Crippen LogP contribution in [0.4, 0.5) is 0 Å². The van der Waals surface area contributed by atoms with Crippen molar-refractivity contribution in [2.24, 2.45) is 10.2 Å². The summed E-state index contributed by atoms with van der Waals surface area (Å²) >= 11 is 0. The van der Waals surface area contributed by atoms with Crippen molar-refractivity contribution >= 4 is 22.0 Å². The van der Waals surface area contributed by atoms with Gasteiger partial charge in [0.25, 0.3) is 10.1 Å². The highest BCUT2D eigenvalue weighted by Crippen LogP contribution is 2.43. The summed E-state index contributed by atoms with van der Waals surface area (Å²) in [5.74, 6) is -0.698. The fourth-order valence-corrected chi connectivity index (χ4v) is 3.50.